The zero-order chi connectivity index (χ0) is 14.7. The molecule has 0 amide bonds. The maximum absolute atomic E-state index is 10.8. The van der Waals surface area contributed by atoms with E-state index in [1.807, 2.05) is 18.7 Å². The maximum Gasteiger partial charge on any atom is 0.332 e. The summed E-state index contributed by atoms with van der Waals surface area (Å²) in [5, 5.41) is 12.8. The van der Waals surface area contributed by atoms with E-state index in [0.717, 1.165) is 25.9 Å². The molecule has 0 bridgehead atoms. The molecule has 1 aliphatic rings. The van der Waals surface area contributed by atoms with Crippen LogP contribution in [0, 0.1) is 0 Å². The fraction of sp³-hybridized carbons (Fsp3) is 0.769. The lowest BCUT2D eigenvalue weighted by Crippen LogP contribution is -2.39. The molecule has 7 heteroatoms. The van der Waals surface area contributed by atoms with Gasteiger partial charge in [-0.3, -0.25) is 0 Å². The molecule has 0 saturated carbocycles. The van der Waals surface area contributed by atoms with Gasteiger partial charge >= 0.3 is 5.97 Å². The first-order chi connectivity index (χ1) is 9.47. The van der Waals surface area contributed by atoms with E-state index in [1.165, 1.54) is 0 Å². The van der Waals surface area contributed by atoms with Crippen molar-refractivity contribution in [3.05, 3.63) is 5.89 Å². The average molecular weight is 283 g/mol. The molecule has 1 N–H and O–H groups in total. The second-order valence-electron chi connectivity index (χ2n) is 5.39. The molecule has 0 spiro atoms. The summed E-state index contributed by atoms with van der Waals surface area (Å²) in [4.78, 5) is 17.2. The van der Waals surface area contributed by atoms with Crippen LogP contribution in [0.5, 0.6) is 0 Å². The summed E-state index contributed by atoms with van der Waals surface area (Å²) < 4.78 is 10.7. The van der Waals surface area contributed by atoms with Crippen molar-refractivity contribution in [2.75, 3.05) is 18.0 Å². The Labute approximate surface area is 117 Å². The molecule has 2 heterocycles. The van der Waals surface area contributed by atoms with Crippen LogP contribution in [0.25, 0.3) is 0 Å². The molecule has 112 valence electrons. The first kappa shape index (κ1) is 14.8. The molecule has 20 heavy (non-hydrogen) atoms. The Morgan fingerprint density at radius 3 is 2.55 bits per heavy atom. The van der Waals surface area contributed by atoms with Crippen molar-refractivity contribution in [1.82, 2.24) is 10.1 Å². The SMILES string of the molecule is CC(C)c1nc(N2CCC(O[C@H](C)C(=O)O)CC2)no1. The van der Waals surface area contributed by atoms with Gasteiger partial charge in [0.05, 0.1) is 6.10 Å². The van der Waals surface area contributed by atoms with Gasteiger partial charge in [0.1, 0.15) is 0 Å². The number of aromatic nitrogens is 2. The van der Waals surface area contributed by atoms with Crippen LogP contribution in [0.15, 0.2) is 4.52 Å². The molecule has 0 aromatic carbocycles. The van der Waals surface area contributed by atoms with Crippen molar-refractivity contribution in [2.24, 2.45) is 0 Å². The monoisotopic (exact) mass is 283 g/mol. The van der Waals surface area contributed by atoms with E-state index < -0.39 is 12.1 Å². The molecule has 1 fully saturated rings. The summed E-state index contributed by atoms with van der Waals surface area (Å²) in [6.07, 6.45) is 0.755. The van der Waals surface area contributed by atoms with Crippen LogP contribution in [0.4, 0.5) is 5.95 Å². The van der Waals surface area contributed by atoms with Gasteiger partial charge in [-0.05, 0) is 24.9 Å². The van der Waals surface area contributed by atoms with E-state index in [-0.39, 0.29) is 12.0 Å². The van der Waals surface area contributed by atoms with E-state index in [4.69, 9.17) is 14.4 Å². The zero-order valence-electron chi connectivity index (χ0n) is 12.1. The Hall–Kier alpha value is -1.63. The lowest BCUT2D eigenvalue weighted by atomic mass is 10.1. The quantitative estimate of drug-likeness (QED) is 0.878. The molecule has 7 nitrogen and oxygen atoms in total. The minimum absolute atomic E-state index is 0.0196. The Kier molecular flexibility index (Phi) is 4.59. The van der Waals surface area contributed by atoms with Crippen molar-refractivity contribution in [2.45, 2.75) is 51.7 Å². The fourth-order valence-electron chi connectivity index (χ4n) is 2.13. The van der Waals surface area contributed by atoms with Crippen molar-refractivity contribution < 1.29 is 19.2 Å². The molecule has 1 atom stereocenters. The van der Waals surface area contributed by atoms with E-state index in [1.54, 1.807) is 6.92 Å². The number of ether oxygens (including phenoxy) is 1. The third kappa shape index (κ3) is 3.47. The topological polar surface area (TPSA) is 88.7 Å². The van der Waals surface area contributed by atoms with Crippen LogP contribution in [0.1, 0.15) is 45.4 Å². The Bertz CT molecular complexity index is 452. The number of nitrogens with zero attached hydrogens (tertiary/aromatic N) is 3. The number of carboxylic acids is 1. The Balaban J connectivity index is 1.86. The van der Waals surface area contributed by atoms with Crippen LogP contribution in [-0.2, 0) is 9.53 Å². The molecule has 0 unspecified atom stereocenters. The van der Waals surface area contributed by atoms with Gasteiger partial charge in [-0.15, -0.1) is 0 Å². The van der Waals surface area contributed by atoms with E-state index in [9.17, 15) is 4.79 Å². The highest BCUT2D eigenvalue weighted by atomic mass is 16.5. The second kappa shape index (κ2) is 6.21. The molecule has 1 aliphatic heterocycles. The lowest BCUT2D eigenvalue weighted by Gasteiger charge is -2.31. The highest BCUT2D eigenvalue weighted by Crippen LogP contribution is 2.21. The van der Waals surface area contributed by atoms with Crippen LogP contribution in [-0.4, -0.2) is 46.5 Å². The first-order valence-electron chi connectivity index (χ1n) is 6.94. The molecule has 2 rings (SSSR count). The van der Waals surface area contributed by atoms with Crippen LogP contribution in [0.2, 0.25) is 0 Å². The zero-order valence-corrected chi connectivity index (χ0v) is 12.1. The lowest BCUT2D eigenvalue weighted by molar-refractivity contribution is -0.153. The normalized spacial score (nSPS) is 18.5. The van der Waals surface area contributed by atoms with Gasteiger partial charge in [0.2, 0.25) is 5.89 Å². The number of anilines is 1. The van der Waals surface area contributed by atoms with Crippen molar-refractivity contribution in [3.8, 4) is 0 Å². The minimum Gasteiger partial charge on any atom is -0.479 e. The molecule has 1 saturated heterocycles. The van der Waals surface area contributed by atoms with Crippen LogP contribution >= 0.6 is 0 Å². The van der Waals surface area contributed by atoms with Crippen LogP contribution in [0.3, 0.4) is 0 Å². The van der Waals surface area contributed by atoms with Gasteiger partial charge in [0.15, 0.2) is 6.10 Å². The average Bonchev–Trinajstić information content (AvgIpc) is 2.89. The van der Waals surface area contributed by atoms with Crippen molar-refractivity contribution in [3.63, 3.8) is 0 Å². The van der Waals surface area contributed by atoms with E-state index in [0.29, 0.717) is 11.8 Å². The van der Waals surface area contributed by atoms with Gasteiger partial charge in [-0.1, -0.05) is 13.8 Å². The predicted octanol–water partition coefficient (Wildman–Crippen LogP) is 1.65. The molecular weight excluding hydrogens is 262 g/mol. The highest BCUT2D eigenvalue weighted by Gasteiger charge is 2.26. The van der Waals surface area contributed by atoms with Gasteiger partial charge in [-0.2, -0.15) is 4.98 Å². The summed E-state index contributed by atoms with van der Waals surface area (Å²) in [6.45, 7) is 7.06. The smallest absolute Gasteiger partial charge is 0.332 e. The highest BCUT2D eigenvalue weighted by molar-refractivity contribution is 5.71. The van der Waals surface area contributed by atoms with Gasteiger partial charge < -0.3 is 19.3 Å². The molecule has 0 aliphatic carbocycles. The standard InChI is InChI=1S/C13H21N3O4/c1-8(2)11-14-13(15-20-11)16-6-4-10(5-7-16)19-9(3)12(17)18/h8-10H,4-7H2,1-3H3,(H,17,18)/t9-/m1/s1. The van der Waals surface area contributed by atoms with Gasteiger partial charge in [0.25, 0.3) is 5.95 Å². The third-order valence-corrected chi connectivity index (χ3v) is 3.39. The van der Waals surface area contributed by atoms with Gasteiger partial charge in [-0.25, -0.2) is 4.79 Å². The Morgan fingerprint density at radius 2 is 2.05 bits per heavy atom. The Morgan fingerprint density at radius 1 is 1.40 bits per heavy atom. The number of carbonyl (C=O) groups is 1. The summed E-state index contributed by atoms with van der Waals surface area (Å²) in [7, 11) is 0. The van der Waals surface area contributed by atoms with Crippen LogP contribution < -0.4 is 4.90 Å². The molecule has 0 radical (unpaired) electrons. The molecular formula is C13H21N3O4. The third-order valence-electron chi connectivity index (χ3n) is 3.39. The van der Waals surface area contributed by atoms with Crippen molar-refractivity contribution >= 4 is 11.9 Å². The first-order valence-corrected chi connectivity index (χ1v) is 6.94. The van der Waals surface area contributed by atoms with E-state index in [2.05, 4.69) is 10.1 Å². The molecule has 1 aromatic rings. The summed E-state index contributed by atoms with van der Waals surface area (Å²) in [5.74, 6) is 0.539. The summed E-state index contributed by atoms with van der Waals surface area (Å²) in [5.41, 5.74) is 0. The fourth-order valence-corrected chi connectivity index (χ4v) is 2.13. The number of hydrogen-bond acceptors (Lipinski definition) is 6. The van der Waals surface area contributed by atoms with Crippen molar-refractivity contribution in [1.29, 1.82) is 0 Å². The van der Waals surface area contributed by atoms with E-state index >= 15 is 0 Å². The number of carboxylic acid groups (broad SMARTS) is 1. The number of aliphatic carboxylic acids is 1. The molecule has 1 aromatic heterocycles. The number of rotatable bonds is 5. The van der Waals surface area contributed by atoms with Gasteiger partial charge in [0, 0.05) is 19.0 Å². The summed E-state index contributed by atoms with van der Waals surface area (Å²) >= 11 is 0. The summed E-state index contributed by atoms with van der Waals surface area (Å²) in [6, 6.07) is 0. The second-order valence-corrected chi connectivity index (χ2v) is 5.39. The largest absolute Gasteiger partial charge is 0.479 e. The minimum atomic E-state index is -0.924. The number of piperidine rings is 1. The predicted molar refractivity (Wildman–Crippen MR) is 71.8 cm³/mol. The number of hydrogen-bond donors (Lipinski definition) is 1. The maximum atomic E-state index is 10.8.